The fraction of sp³-hybridized carbons (Fsp3) is 0.368. The Balaban J connectivity index is 1.58. The second-order valence-electron chi connectivity index (χ2n) is 6.20. The number of hydrogen-bond donors (Lipinski definition) is 1. The molecule has 1 aromatic carbocycles. The van der Waals surface area contributed by atoms with Gasteiger partial charge in [-0.3, -0.25) is 9.59 Å². The van der Waals surface area contributed by atoms with E-state index in [9.17, 15) is 9.59 Å². The van der Waals surface area contributed by atoms with Crippen LogP contribution in [0.4, 0.5) is 0 Å². The highest BCUT2D eigenvalue weighted by molar-refractivity contribution is 8.00. The van der Waals surface area contributed by atoms with Gasteiger partial charge in [0.1, 0.15) is 5.69 Å². The number of likely N-dealkylation sites (tertiary alicyclic amines) is 1. The highest BCUT2D eigenvalue weighted by atomic mass is 32.2. The summed E-state index contributed by atoms with van der Waals surface area (Å²) in [5.74, 6) is 0.0864. The first-order valence-corrected chi connectivity index (χ1v) is 9.24. The highest BCUT2D eigenvalue weighted by Crippen LogP contribution is 2.30. The minimum Gasteiger partial charge on any atom is -0.491 e. The zero-order valence-electron chi connectivity index (χ0n) is 14.5. The highest BCUT2D eigenvalue weighted by Gasteiger charge is 2.25. The van der Waals surface area contributed by atoms with Gasteiger partial charge in [-0.1, -0.05) is 17.7 Å². The molecule has 1 amide bonds. The zero-order valence-corrected chi connectivity index (χ0v) is 15.3. The van der Waals surface area contributed by atoms with Gasteiger partial charge in [-0.25, -0.2) is 0 Å². The van der Waals surface area contributed by atoms with E-state index < -0.39 is 0 Å². The maximum absolute atomic E-state index is 12.6. The molecule has 0 unspecified atom stereocenters. The number of nitrogens with one attached hydrogen (secondary N) is 1. The number of aromatic amines is 1. The number of carbonyl (C=O) groups excluding carboxylic acids is 1. The van der Waals surface area contributed by atoms with Crippen LogP contribution in [0.25, 0.3) is 0 Å². The van der Waals surface area contributed by atoms with Crippen molar-refractivity contribution >= 4 is 17.7 Å². The lowest BCUT2D eigenvalue weighted by Crippen LogP contribution is -2.40. The number of amides is 1. The lowest BCUT2D eigenvalue weighted by atomic mass is 10.1. The third-order valence-corrected chi connectivity index (χ3v) is 5.73. The van der Waals surface area contributed by atoms with E-state index >= 15 is 0 Å². The lowest BCUT2D eigenvalue weighted by Gasteiger charge is -2.31. The number of nitrogens with zero attached hydrogens (tertiary/aromatic N) is 1. The van der Waals surface area contributed by atoms with Crippen molar-refractivity contribution in [1.29, 1.82) is 0 Å². The number of rotatable bonds is 4. The smallest absolute Gasteiger partial charge is 0.270 e. The Morgan fingerprint density at radius 3 is 2.52 bits per heavy atom. The number of piperidine rings is 1. The molecule has 0 radical (unpaired) electrons. The number of hydrogen-bond acceptors (Lipinski definition) is 4. The van der Waals surface area contributed by atoms with Crippen LogP contribution in [0.1, 0.15) is 28.9 Å². The summed E-state index contributed by atoms with van der Waals surface area (Å²) >= 11 is 1.88. The molecule has 0 aliphatic carbocycles. The summed E-state index contributed by atoms with van der Waals surface area (Å²) in [6, 6.07) is 9.87. The van der Waals surface area contributed by atoms with Gasteiger partial charge in [0.2, 0.25) is 5.43 Å². The van der Waals surface area contributed by atoms with Gasteiger partial charge < -0.3 is 14.6 Å². The Labute approximate surface area is 151 Å². The number of H-pyrrole nitrogens is 1. The molecule has 0 bridgehead atoms. The SMILES string of the molecule is COc1c[nH]c(C(=O)N2CCC(Sc3ccc(C)cc3)CC2)cc1=O. The molecule has 0 spiro atoms. The van der Waals surface area contributed by atoms with Gasteiger partial charge in [0.05, 0.1) is 7.11 Å². The van der Waals surface area contributed by atoms with Crippen LogP contribution < -0.4 is 10.2 Å². The van der Waals surface area contributed by atoms with Gasteiger partial charge in [-0.2, -0.15) is 0 Å². The fourth-order valence-electron chi connectivity index (χ4n) is 2.90. The van der Waals surface area contributed by atoms with Gasteiger partial charge in [-0.15, -0.1) is 11.8 Å². The number of methoxy groups -OCH3 is 1. The molecule has 1 aliphatic heterocycles. The molecule has 6 heteroatoms. The molecule has 2 heterocycles. The molecule has 1 fully saturated rings. The van der Waals surface area contributed by atoms with Crippen molar-refractivity contribution in [2.45, 2.75) is 29.9 Å². The standard InChI is InChI=1S/C19H22N2O3S/c1-13-3-5-14(6-4-13)25-15-7-9-21(10-8-15)19(23)16-11-17(22)18(24-2)12-20-16/h3-6,11-12,15H,7-10H2,1-2H3,(H,20,22). The third kappa shape index (κ3) is 4.25. The van der Waals surface area contributed by atoms with Crippen LogP contribution in [-0.2, 0) is 0 Å². The molecule has 1 aliphatic rings. The van der Waals surface area contributed by atoms with Gasteiger partial charge in [0.25, 0.3) is 5.91 Å². The normalized spacial score (nSPS) is 15.2. The molecule has 5 nitrogen and oxygen atoms in total. The van der Waals surface area contributed by atoms with E-state index in [1.807, 2.05) is 16.7 Å². The molecule has 0 atom stereocenters. The van der Waals surface area contributed by atoms with Gasteiger partial charge >= 0.3 is 0 Å². The molecule has 1 saturated heterocycles. The van der Waals surface area contributed by atoms with E-state index in [-0.39, 0.29) is 17.1 Å². The summed E-state index contributed by atoms with van der Waals surface area (Å²) in [7, 11) is 1.43. The zero-order chi connectivity index (χ0) is 17.8. The minimum atomic E-state index is -0.283. The summed E-state index contributed by atoms with van der Waals surface area (Å²) in [6.45, 7) is 3.49. The average Bonchev–Trinajstić information content (AvgIpc) is 2.63. The van der Waals surface area contributed by atoms with Gasteiger partial charge in [0.15, 0.2) is 5.75 Å². The second-order valence-corrected chi connectivity index (χ2v) is 7.58. The van der Waals surface area contributed by atoms with Gasteiger partial charge in [0, 0.05) is 35.5 Å². The molecule has 1 aromatic heterocycles. The van der Waals surface area contributed by atoms with Crippen LogP contribution in [0.5, 0.6) is 5.75 Å². The van der Waals surface area contributed by atoms with Crippen molar-refractivity contribution in [3.63, 3.8) is 0 Å². The van der Waals surface area contributed by atoms with E-state index in [1.54, 1.807) is 0 Å². The maximum atomic E-state index is 12.6. The number of aryl methyl sites for hydroxylation is 1. The predicted octanol–water partition coefficient (Wildman–Crippen LogP) is 3.09. The first kappa shape index (κ1) is 17.6. The van der Waals surface area contributed by atoms with Crippen molar-refractivity contribution in [2.24, 2.45) is 0 Å². The Bertz CT molecular complexity index is 793. The Kier molecular flexibility index (Phi) is 5.48. The topological polar surface area (TPSA) is 62.4 Å². The second kappa shape index (κ2) is 7.78. The Morgan fingerprint density at radius 1 is 1.24 bits per heavy atom. The van der Waals surface area contributed by atoms with Crippen LogP contribution in [0, 0.1) is 6.92 Å². The Hall–Kier alpha value is -2.21. The van der Waals surface area contributed by atoms with Crippen molar-refractivity contribution in [3.05, 3.63) is 58.0 Å². The number of thioether (sulfide) groups is 1. The van der Waals surface area contributed by atoms with Crippen molar-refractivity contribution < 1.29 is 9.53 Å². The lowest BCUT2D eigenvalue weighted by molar-refractivity contribution is 0.0721. The van der Waals surface area contributed by atoms with E-state index in [4.69, 9.17) is 4.74 Å². The number of aromatic nitrogens is 1. The summed E-state index contributed by atoms with van der Waals surface area (Å²) in [5.41, 5.74) is 1.29. The molecule has 132 valence electrons. The van der Waals surface area contributed by atoms with Crippen LogP contribution in [0.15, 0.2) is 46.2 Å². The monoisotopic (exact) mass is 358 g/mol. The number of carbonyl (C=O) groups is 1. The molecule has 3 rings (SSSR count). The van der Waals surface area contributed by atoms with E-state index in [0.29, 0.717) is 24.0 Å². The largest absolute Gasteiger partial charge is 0.491 e. The predicted molar refractivity (Wildman–Crippen MR) is 99.6 cm³/mol. The number of ether oxygens (including phenoxy) is 1. The summed E-state index contributed by atoms with van der Waals surface area (Å²) < 4.78 is 4.93. The maximum Gasteiger partial charge on any atom is 0.270 e. The number of pyridine rings is 1. The summed E-state index contributed by atoms with van der Waals surface area (Å²) in [6.07, 6.45) is 3.34. The van der Waals surface area contributed by atoms with Gasteiger partial charge in [-0.05, 0) is 31.9 Å². The van der Waals surface area contributed by atoms with Crippen LogP contribution in [0.3, 0.4) is 0 Å². The van der Waals surface area contributed by atoms with Crippen molar-refractivity contribution in [1.82, 2.24) is 9.88 Å². The van der Waals surface area contributed by atoms with Crippen LogP contribution >= 0.6 is 11.8 Å². The molecule has 0 saturated carbocycles. The summed E-state index contributed by atoms with van der Waals surface area (Å²) in [5, 5.41) is 0.515. The van der Waals surface area contributed by atoms with Crippen molar-refractivity contribution in [3.8, 4) is 5.75 Å². The first-order chi connectivity index (χ1) is 12.1. The minimum absolute atomic E-state index is 0.126. The first-order valence-electron chi connectivity index (χ1n) is 8.36. The molecule has 1 N–H and O–H groups in total. The average molecular weight is 358 g/mol. The van der Waals surface area contributed by atoms with E-state index in [0.717, 1.165) is 12.8 Å². The summed E-state index contributed by atoms with van der Waals surface area (Å²) in [4.78, 5) is 30.3. The fourth-order valence-corrected chi connectivity index (χ4v) is 4.02. The quantitative estimate of drug-likeness (QED) is 0.912. The molecular weight excluding hydrogens is 336 g/mol. The van der Waals surface area contributed by atoms with Crippen LogP contribution in [0.2, 0.25) is 0 Å². The van der Waals surface area contributed by atoms with Crippen molar-refractivity contribution in [2.75, 3.05) is 20.2 Å². The Morgan fingerprint density at radius 2 is 1.92 bits per heavy atom. The molecule has 25 heavy (non-hydrogen) atoms. The number of benzene rings is 1. The third-order valence-electron chi connectivity index (χ3n) is 4.38. The van der Waals surface area contributed by atoms with Crippen LogP contribution in [-0.4, -0.2) is 41.2 Å². The molecule has 2 aromatic rings. The molecular formula is C19H22N2O3S. The van der Waals surface area contributed by atoms with E-state index in [2.05, 4.69) is 36.2 Å². The van der Waals surface area contributed by atoms with E-state index in [1.165, 1.54) is 29.8 Å².